The highest BCUT2D eigenvalue weighted by atomic mass is 35.5. The van der Waals surface area contributed by atoms with Crippen molar-refractivity contribution in [2.45, 2.75) is 6.42 Å². The van der Waals surface area contributed by atoms with Crippen LogP contribution in [-0.4, -0.2) is 22.4 Å². The number of hydrogen-bond acceptors (Lipinski definition) is 5. The molecule has 6 nitrogen and oxygen atoms in total. The molecule has 1 aromatic heterocycles. The van der Waals surface area contributed by atoms with Gasteiger partial charge in [-0.25, -0.2) is 4.98 Å². The molecule has 0 aliphatic rings. The van der Waals surface area contributed by atoms with Gasteiger partial charge in [0.2, 0.25) is 11.2 Å². The zero-order chi connectivity index (χ0) is 10.6. The minimum atomic E-state index is -0.392. The fourth-order valence-electron chi connectivity index (χ4n) is 0.815. The van der Waals surface area contributed by atoms with Gasteiger partial charge in [-0.3, -0.25) is 4.79 Å². The Morgan fingerprint density at radius 1 is 1.64 bits per heavy atom. The van der Waals surface area contributed by atoms with Crippen LogP contribution in [0.3, 0.4) is 0 Å². The van der Waals surface area contributed by atoms with Gasteiger partial charge in [-0.05, 0) is 11.6 Å². The van der Waals surface area contributed by atoms with E-state index in [1.54, 1.807) is 0 Å². The molecule has 14 heavy (non-hydrogen) atoms. The fourth-order valence-corrected chi connectivity index (χ4v) is 0.949. The van der Waals surface area contributed by atoms with E-state index in [2.05, 4.69) is 15.3 Å². The Bertz CT molecular complexity index is 343. The van der Waals surface area contributed by atoms with E-state index in [4.69, 9.17) is 23.1 Å². The second-order valence-corrected chi connectivity index (χ2v) is 2.92. The second kappa shape index (κ2) is 4.61. The molecule has 0 saturated heterocycles. The van der Waals surface area contributed by atoms with Crippen LogP contribution < -0.4 is 16.8 Å². The van der Waals surface area contributed by atoms with E-state index in [1.807, 2.05) is 0 Å². The smallest absolute Gasteiger partial charge is 0.224 e. The highest BCUT2D eigenvalue weighted by molar-refractivity contribution is 6.28. The number of aromatic nitrogens is 2. The summed E-state index contributed by atoms with van der Waals surface area (Å²) in [7, 11) is 0. The maximum atomic E-state index is 10.4. The lowest BCUT2D eigenvalue weighted by Crippen LogP contribution is -2.16. The number of hydrogen-bond donors (Lipinski definition) is 3. The van der Waals surface area contributed by atoms with Gasteiger partial charge in [-0.2, -0.15) is 4.98 Å². The molecular formula is C7H10ClN5O. The van der Waals surface area contributed by atoms with Gasteiger partial charge in [0, 0.05) is 13.0 Å². The predicted octanol–water partition coefficient (Wildman–Crippen LogP) is -0.000500. The van der Waals surface area contributed by atoms with Crippen LogP contribution in [0.25, 0.3) is 0 Å². The number of nitrogens with two attached hydrogens (primary N) is 2. The van der Waals surface area contributed by atoms with Gasteiger partial charge < -0.3 is 16.8 Å². The van der Waals surface area contributed by atoms with E-state index in [0.29, 0.717) is 18.1 Å². The maximum Gasteiger partial charge on any atom is 0.224 e. The number of amides is 1. The largest absolute Gasteiger partial charge is 0.394 e. The van der Waals surface area contributed by atoms with Crippen LogP contribution in [0, 0.1) is 0 Å². The zero-order valence-electron chi connectivity index (χ0n) is 7.33. The monoisotopic (exact) mass is 215 g/mol. The number of anilines is 2. The van der Waals surface area contributed by atoms with Crippen LogP contribution >= 0.6 is 11.6 Å². The van der Waals surface area contributed by atoms with Gasteiger partial charge in [-0.1, -0.05) is 0 Å². The maximum absolute atomic E-state index is 10.4. The van der Waals surface area contributed by atoms with E-state index in [0.717, 1.165) is 0 Å². The molecule has 0 spiro atoms. The average Bonchev–Trinajstić information content (AvgIpc) is 2.10. The summed E-state index contributed by atoms with van der Waals surface area (Å²) in [6.45, 7) is 0.368. The van der Waals surface area contributed by atoms with Gasteiger partial charge in [0.1, 0.15) is 0 Å². The summed E-state index contributed by atoms with van der Waals surface area (Å²) >= 11 is 5.55. The van der Waals surface area contributed by atoms with Gasteiger partial charge in [0.05, 0.1) is 11.9 Å². The molecule has 0 aliphatic carbocycles. The average molecular weight is 216 g/mol. The quantitative estimate of drug-likeness (QED) is 0.613. The Morgan fingerprint density at radius 3 is 3.00 bits per heavy atom. The molecule has 0 saturated carbocycles. The van der Waals surface area contributed by atoms with Crippen LogP contribution in [0.2, 0.25) is 5.28 Å². The number of nitrogen functional groups attached to an aromatic ring is 1. The van der Waals surface area contributed by atoms with Crippen molar-refractivity contribution in [3.8, 4) is 0 Å². The molecule has 0 aliphatic heterocycles. The summed E-state index contributed by atoms with van der Waals surface area (Å²) in [6, 6.07) is 0. The Labute approximate surface area is 85.7 Å². The first-order valence-corrected chi connectivity index (χ1v) is 4.27. The van der Waals surface area contributed by atoms with Crippen LogP contribution in [0.15, 0.2) is 6.20 Å². The second-order valence-electron chi connectivity index (χ2n) is 2.59. The number of carbonyl (C=O) groups is 1. The van der Waals surface area contributed by atoms with Gasteiger partial charge >= 0.3 is 0 Å². The molecule has 5 N–H and O–H groups in total. The van der Waals surface area contributed by atoms with Gasteiger partial charge in [0.15, 0.2) is 5.82 Å². The van der Waals surface area contributed by atoms with Crippen molar-refractivity contribution < 1.29 is 4.79 Å². The Hall–Kier alpha value is -1.56. The lowest BCUT2D eigenvalue weighted by molar-refractivity contribution is -0.117. The zero-order valence-corrected chi connectivity index (χ0v) is 8.08. The number of nitrogens with one attached hydrogen (secondary N) is 1. The van der Waals surface area contributed by atoms with Crippen molar-refractivity contribution in [2.24, 2.45) is 5.73 Å². The summed E-state index contributed by atoms with van der Waals surface area (Å²) in [5, 5.41) is 2.92. The lowest BCUT2D eigenvalue weighted by atomic mass is 10.4. The number of primary amides is 1. The van der Waals surface area contributed by atoms with E-state index in [-0.39, 0.29) is 11.7 Å². The van der Waals surface area contributed by atoms with E-state index < -0.39 is 5.91 Å². The third-order valence-corrected chi connectivity index (χ3v) is 1.63. The fraction of sp³-hybridized carbons (Fsp3) is 0.286. The summed E-state index contributed by atoms with van der Waals surface area (Å²) in [6.07, 6.45) is 1.60. The first-order valence-electron chi connectivity index (χ1n) is 3.90. The molecule has 0 unspecified atom stereocenters. The molecule has 0 atom stereocenters. The molecule has 7 heteroatoms. The molecule has 0 bridgehead atoms. The normalized spacial score (nSPS) is 9.79. The Morgan fingerprint density at radius 2 is 2.36 bits per heavy atom. The van der Waals surface area contributed by atoms with Crippen LogP contribution in [-0.2, 0) is 4.79 Å². The Balaban J connectivity index is 2.57. The molecule has 1 heterocycles. The van der Waals surface area contributed by atoms with Gasteiger partial charge in [0.25, 0.3) is 0 Å². The number of rotatable bonds is 4. The third-order valence-electron chi connectivity index (χ3n) is 1.45. The van der Waals surface area contributed by atoms with Crippen LogP contribution in [0.4, 0.5) is 11.5 Å². The minimum Gasteiger partial charge on any atom is -0.394 e. The molecule has 76 valence electrons. The van der Waals surface area contributed by atoms with Gasteiger partial charge in [-0.15, -0.1) is 0 Å². The van der Waals surface area contributed by atoms with E-state index in [9.17, 15) is 4.79 Å². The summed E-state index contributed by atoms with van der Waals surface area (Å²) in [5.41, 5.74) is 10.9. The highest BCUT2D eigenvalue weighted by Gasteiger charge is 2.02. The first-order chi connectivity index (χ1) is 6.59. The third kappa shape index (κ3) is 3.06. The van der Waals surface area contributed by atoms with Crippen molar-refractivity contribution in [1.29, 1.82) is 0 Å². The van der Waals surface area contributed by atoms with E-state index in [1.165, 1.54) is 6.20 Å². The topological polar surface area (TPSA) is 107 Å². The van der Waals surface area contributed by atoms with Crippen molar-refractivity contribution in [3.63, 3.8) is 0 Å². The molecule has 1 aromatic rings. The van der Waals surface area contributed by atoms with E-state index >= 15 is 0 Å². The molecule has 0 aromatic carbocycles. The number of halogens is 1. The standard InChI is InChI=1S/C7H10ClN5O/c8-7-12-3-4(9)6(13-7)11-2-1-5(10)14/h3H,1-2,9H2,(H2,10,14)(H,11,12,13). The van der Waals surface area contributed by atoms with Crippen molar-refractivity contribution in [3.05, 3.63) is 11.5 Å². The highest BCUT2D eigenvalue weighted by Crippen LogP contribution is 2.15. The van der Waals surface area contributed by atoms with Crippen molar-refractivity contribution in [2.75, 3.05) is 17.6 Å². The van der Waals surface area contributed by atoms with Crippen molar-refractivity contribution in [1.82, 2.24) is 9.97 Å². The molecule has 0 fully saturated rings. The lowest BCUT2D eigenvalue weighted by Gasteiger charge is -2.06. The SMILES string of the molecule is NC(=O)CCNc1nc(Cl)ncc1N. The minimum absolute atomic E-state index is 0.0979. The summed E-state index contributed by atoms with van der Waals surface area (Å²) in [4.78, 5) is 17.9. The summed E-state index contributed by atoms with van der Waals surface area (Å²) < 4.78 is 0. The van der Waals surface area contributed by atoms with Crippen LogP contribution in [0.1, 0.15) is 6.42 Å². The molecule has 1 amide bonds. The molecular weight excluding hydrogens is 206 g/mol. The number of nitrogens with zero attached hydrogens (tertiary/aromatic N) is 2. The summed E-state index contributed by atoms with van der Waals surface area (Å²) in [5.74, 6) is 0.0162. The molecule has 1 rings (SSSR count). The van der Waals surface area contributed by atoms with Crippen LogP contribution in [0.5, 0.6) is 0 Å². The molecule has 0 radical (unpaired) electrons. The van der Waals surface area contributed by atoms with Crippen molar-refractivity contribution >= 4 is 29.0 Å². The first kappa shape index (κ1) is 10.5. The number of carbonyl (C=O) groups excluding carboxylic acids is 1. The Kier molecular flexibility index (Phi) is 3.47. The predicted molar refractivity (Wildman–Crippen MR) is 53.8 cm³/mol.